The van der Waals surface area contributed by atoms with Gasteiger partial charge in [0, 0.05) is 23.3 Å². The summed E-state index contributed by atoms with van der Waals surface area (Å²) < 4.78 is 77.3. The number of hydrogen-bond donors (Lipinski definition) is 4. The van der Waals surface area contributed by atoms with Crippen LogP contribution in [0.25, 0.3) is 10.9 Å². The van der Waals surface area contributed by atoms with Crippen LogP contribution in [-0.2, 0) is 30.8 Å². The maximum Gasteiger partial charge on any atom is 0.573 e. The number of carbonyl (C=O) groups is 4. The molecule has 2 aromatic rings. The van der Waals surface area contributed by atoms with E-state index in [-0.39, 0.29) is 44.4 Å². The van der Waals surface area contributed by atoms with Crippen molar-refractivity contribution < 1.29 is 55.3 Å². The number of nitrogens with one attached hydrogen (secondary N) is 3. The Morgan fingerprint density at radius 2 is 1.89 bits per heavy atom. The van der Waals surface area contributed by atoms with Gasteiger partial charge in [-0.1, -0.05) is 25.0 Å². The Morgan fingerprint density at radius 3 is 2.59 bits per heavy atom. The van der Waals surface area contributed by atoms with E-state index >= 15 is 0 Å². The highest BCUT2D eigenvalue weighted by Gasteiger charge is 2.64. The minimum absolute atomic E-state index is 0.0763. The van der Waals surface area contributed by atoms with E-state index in [1.807, 2.05) is 6.08 Å². The summed E-state index contributed by atoms with van der Waals surface area (Å²) >= 11 is 0. The molecule has 3 fully saturated rings. The number of fused-ring (bicyclic) bond motifs is 5. The average Bonchev–Trinajstić information content (AvgIpc) is 3.98. The largest absolute Gasteiger partial charge is 0.573 e. The number of allylic oxidation sites excluding steroid dienone is 1. The molecule has 4 heterocycles. The second kappa shape index (κ2) is 13.3. The van der Waals surface area contributed by atoms with Gasteiger partial charge in [-0.3, -0.25) is 19.1 Å². The summed E-state index contributed by atoms with van der Waals surface area (Å²) in [5, 5.41) is 15.2. The molecule has 1 spiro atoms. The van der Waals surface area contributed by atoms with Crippen LogP contribution >= 0.6 is 0 Å². The second-order valence-electron chi connectivity index (χ2n) is 15.4. The van der Waals surface area contributed by atoms with Gasteiger partial charge in [0.25, 0.3) is 5.91 Å². The molecule has 4 amide bonds. The number of aromatic nitrogens is 1. The molecular weight excluding hydrogens is 735 g/mol. The van der Waals surface area contributed by atoms with Gasteiger partial charge in [-0.05, 0) is 83.4 Å². The fourth-order valence-corrected chi connectivity index (χ4v) is 9.33. The number of nitrogens with zero attached hydrogens (tertiary/aromatic N) is 2. The topological polar surface area (TPSA) is 193 Å². The van der Waals surface area contributed by atoms with Gasteiger partial charge < -0.3 is 30.1 Å². The van der Waals surface area contributed by atoms with E-state index < -0.39 is 79.8 Å². The van der Waals surface area contributed by atoms with Crippen LogP contribution in [0.5, 0.6) is 11.5 Å². The summed E-state index contributed by atoms with van der Waals surface area (Å²) in [6.45, 7) is 3.07. The summed E-state index contributed by atoms with van der Waals surface area (Å²) in [6.07, 6.45) is 1.35. The van der Waals surface area contributed by atoms with Crippen molar-refractivity contribution in [3.8, 4) is 11.5 Å². The van der Waals surface area contributed by atoms with Crippen molar-refractivity contribution in [3.05, 3.63) is 41.6 Å². The van der Waals surface area contributed by atoms with E-state index in [1.165, 1.54) is 23.1 Å². The Morgan fingerprint density at radius 1 is 1.13 bits per heavy atom. The second-order valence-corrected chi connectivity index (χ2v) is 17.6. The number of benzene rings is 1. The summed E-state index contributed by atoms with van der Waals surface area (Å²) in [7, 11) is -4.05. The molecule has 14 nitrogen and oxygen atoms in total. The fourth-order valence-electron chi connectivity index (χ4n) is 8.02. The predicted octanol–water partition coefficient (Wildman–Crippen LogP) is 4.14. The van der Waals surface area contributed by atoms with E-state index in [1.54, 1.807) is 19.9 Å². The lowest BCUT2D eigenvalue weighted by atomic mass is 9.87. The number of sulfonamides is 1. The Kier molecular flexibility index (Phi) is 9.29. The molecule has 1 aromatic heterocycles. The first-order valence-corrected chi connectivity index (χ1v) is 19.6. The zero-order valence-corrected chi connectivity index (χ0v) is 30.6. The average molecular weight is 778 g/mol. The van der Waals surface area contributed by atoms with Crippen molar-refractivity contribution in [1.29, 1.82) is 0 Å². The number of aryl methyl sites for hydroxylation is 2. The van der Waals surface area contributed by atoms with Crippen molar-refractivity contribution in [3.63, 3.8) is 0 Å². The number of carbonyl (C=O) groups excluding carboxylic acids is 3. The molecule has 0 unspecified atom stereocenters. The molecular formula is C36H42F3N5O9S. The Balaban J connectivity index is 1.23. The minimum atomic E-state index is -4.91. The molecule has 0 bridgehead atoms. The van der Waals surface area contributed by atoms with Gasteiger partial charge >= 0.3 is 12.5 Å². The molecule has 1 aromatic carbocycles. The maximum absolute atomic E-state index is 14.4. The van der Waals surface area contributed by atoms with Gasteiger partial charge in [0.05, 0.1) is 22.5 Å². The van der Waals surface area contributed by atoms with Gasteiger partial charge in [0.2, 0.25) is 21.8 Å². The van der Waals surface area contributed by atoms with Crippen LogP contribution in [0, 0.1) is 12.8 Å². The summed E-state index contributed by atoms with van der Waals surface area (Å²) in [6, 6.07) is 1.38. The van der Waals surface area contributed by atoms with Crippen LogP contribution in [0.4, 0.5) is 18.0 Å². The molecule has 4 N–H and O–H groups in total. The number of alkyl halides is 3. The predicted molar refractivity (Wildman–Crippen MR) is 186 cm³/mol. The highest BCUT2D eigenvalue weighted by molar-refractivity contribution is 7.91. The van der Waals surface area contributed by atoms with Crippen molar-refractivity contribution in [2.45, 2.75) is 119 Å². The van der Waals surface area contributed by atoms with Crippen LogP contribution in [-0.4, -0.2) is 88.1 Å². The number of pyridine rings is 1. The zero-order chi connectivity index (χ0) is 38.8. The molecule has 3 aliphatic heterocycles. The lowest BCUT2D eigenvalue weighted by Gasteiger charge is -2.36. The van der Waals surface area contributed by atoms with Crippen molar-refractivity contribution >= 4 is 44.7 Å². The van der Waals surface area contributed by atoms with Crippen LogP contribution in [0.15, 0.2) is 30.4 Å². The Bertz CT molecular complexity index is 2060. The number of halogens is 3. The van der Waals surface area contributed by atoms with Crippen LogP contribution in [0.2, 0.25) is 0 Å². The Labute approximate surface area is 309 Å². The van der Waals surface area contributed by atoms with Crippen LogP contribution < -0.4 is 24.8 Å². The normalized spacial score (nSPS) is 30.0. The van der Waals surface area contributed by atoms with Crippen molar-refractivity contribution in [1.82, 2.24) is 25.2 Å². The van der Waals surface area contributed by atoms with Gasteiger partial charge in [0.1, 0.15) is 34.7 Å². The molecule has 1 saturated heterocycles. The fraction of sp³-hybridized carbons (Fsp3) is 0.583. The maximum atomic E-state index is 14.4. The van der Waals surface area contributed by atoms with E-state index in [4.69, 9.17) is 4.74 Å². The number of carboxylic acid groups (broad SMARTS) is 1. The van der Waals surface area contributed by atoms with Crippen LogP contribution in [0.3, 0.4) is 0 Å². The summed E-state index contributed by atoms with van der Waals surface area (Å²) in [5.74, 6) is -2.92. The Hall–Kier alpha value is -4.61. The first kappa shape index (κ1) is 37.7. The zero-order valence-electron chi connectivity index (χ0n) is 29.8. The smallest absolute Gasteiger partial charge is 0.483 e. The van der Waals surface area contributed by atoms with E-state index in [2.05, 4.69) is 25.1 Å². The summed E-state index contributed by atoms with van der Waals surface area (Å²) in [4.78, 5) is 60.2. The minimum Gasteiger partial charge on any atom is -0.483 e. The third-order valence-electron chi connectivity index (χ3n) is 11.5. The standard InChI is InChI=1S/C36H42F3N5O9S/c1-20-28-23(24-16-22(52-36(37,38)39)10-11-25(24)40-20)12-13-34(53-28)18-27-29(45)42-35(31(47)43-54(50,51)33(2)14-15-33)17-21(35)8-6-4-3-5-7-9-26(41-32(48)49)30(46)44(27)19-34/h6,8,10-11,16,21,26-27,41H,3-5,7,9,12-15,17-19H2,1-2H3,(H,42,45)(H,43,47)(H,48,49)/b8-6-/t21-,26+,27+,34-,35-/m1/s1. The van der Waals surface area contributed by atoms with Gasteiger partial charge in [0.15, 0.2) is 0 Å². The van der Waals surface area contributed by atoms with Gasteiger partial charge in [-0.2, -0.15) is 0 Å². The quantitative estimate of drug-likeness (QED) is 0.321. The molecule has 18 heteroatoms. The van der Waals surface area contributed by atoms with Crippen molar-refractivity contribution in [2.24, 2.45) is 5.92 Å². The highest BCUT2D eigenvalue weighted by Crippen LogP contribution is 2.49. The lowest BCUT2D eigenvalue weighted by molar-refractivity contribution is -0.274. The van der Waals surface area contributed by atoms with Crippen molar-refractivity contribution in [2.75, 3.05) is 6.54 Å². The molecule has 2 saturated carbocycles. The molecule has 5 atom stereocenters. The molecule has 292 valence electrons. The summed E-state index contributed by atoms with van der Waals surface area (Å²) in [5.41, 5.74) is -1.38. The highest BCUT2D eigenvalue weighted by atomic mass is 32.2. The first-order chi connectivity index (χ1) is 25.3. The molecule has 5 aliphatic rings. The van der Waals surface area contributed by atoms with E-state index in [0.29, 0.717) is 60.7 Å². The van der Waals surface area contributed by atoms with Crippen LogP contribution in [0.1, 0.15) is 82.4 Å². The molecule has 7 rings (SSSR count). The number of ether oxygens (including phenoxy) is 2. The third kappa shape index (κ3) is 7.15. The molecule has 0 radical (unpaired) electrons. The third-order valence-corrected chi connectivity index (χ3v) is 13.6. The van der Waals surface area contributed by atoms with Gasteiger partial charge in [-0.15, -0.1) is 13.2 Å². The monoisotopic (exact) mass is 777 g/mol. The molecule has 54 heavy (non-hydrogen) atoms. The molecule has 2 aliphatic carbocycles. The number of amides is 4. The first-order valence-electron chi connectivity index (χ1n) is 18.1. The SMILES string of the molecule is Cc1nc2ccc(OC(F)(F)F)cc2c2c1O[C@]1(CC2)C[C@H]2C(=O)N[C@]3(C(=O)NS(=O)(=O)C4(C)CC4)C[C@H]3/C=C\CCCCC[C@H](NC(=O)O)C(=O)N2C1. The van der Waals surface area contributed by atoms with E-state index in [0.717, 1.165) is 0 Å². The van der Waals surface area contributed by atoms with E-state index in [9.17, 15) is 45.9 Å². The number of rotatable bonds is 5. The number of hydrogen-bond acceptors (Lipinski definition) is 9. The van der Waals surface area contributed by atoms with Gasteiger partial charge in [-0.25, -0.2) is 18.2 Å². The lowest BCUT2D eigenvalue weighted by Crippen LogP contribution is -2.58.